The van der Waals surface area contributed by atoms with Gasteiger partial charge >= 0.3 is 39.5 Å². The van der Waals surface area contributed by atoms with E-state index >= 15 is 0 Å². The number of unbranched alkanes of at least 4 members (excludes halogenated alkanes) is 46. The molecule has 570 valence electrons. The monoisotopic (exact) mass is 1410 g/mol. The highest BCUT2D eigenvalue weighted by Crippen LogP contribution is 2.45. The third-order valence-corrected chi connectivity index (χ3v) is 19.9. The van der Waals surface area contributed by atoms with Gasteiger partial charge in [0.05, 0.1) is 26.4 Å². The van der Waals surface area contributed by atoms with Crippen LogP contribution in [0.2, 0.25) is 0 Å². The largest absolute Gasteiger partial charge is 0.472 e. The number of hydrogen-bond donors (Lipinski definition) is 3. The molecule has 0 amide bonds. The van der Waals surface area contributed by atoms with Crippen LogP contribution >= 0.6 is 15.6 Å². The summed E-state index contributed by atoms with van der Waals surface area (Å²) in [6, 6.07) is 0. The van der Waals surface area contributed by atoms with Crippen molar-refractivity contribution in [2.24, 2.45) is 11.8 Å². The molecular formula is C77H150O17P2. The first-order chi connectivity index (χ1) is 46.4. The summed E-state index contributed by atoms with van der Waals surface area (Å²) in [4.78, 5) is 72.8. The molecule has 17 nitrogen and oxygen atoms in total. The van der Waals surface area contributed by atoms with Crippen molar-refractivity contribution in [1.29, 1.82) is 0 Å². The second-order valence-electron chi connectivity index (χ2n) is 28.7. The molecule has 0 aromatic carbocycles. The number of hydrogen-bond acceptors (Lipinski definition) is 15. The molecule has 0 bridgehead atoms. The van der Waals surface area contributed by atoms with Gasteiger partial charge in [0.2, 0.25) is 0 Å². The smallest absolute Gasteiger partial charge is 0.462 e. The lowest BCUT2D eigenvalue weighted by atomic mass is 10.0. The van der Waals surface area contributed by atoms with Crippen LogP contribution in [0.1, 0.15) is 401 Å². The molecule has 0 radical (unpaired) electrons. The van der Waals surface area contributed by atoms with Crippen molar-refractivity contribution >= 4 is 39.5 Å². The molecule has 0 aromatic rings. The summed E-state index contributed by atoms with van der Waals surface area (Å²) in [6.45, 7) is 9.54. The zero-order valence-electron chi connectivity index (χ0n) is 62.7. The van der Waals surface area contributed by atoms with E-state index in [1.54, 1.807) is 0 Å². The molecule has 0 spiro atoms. The Bertz CT molecular complexity index is 1860. The molecule has 0 rings (SSSR count). The van der Waals surface area contributed by atoms with Gasteiger partial charge in [-0.1, -0.05) is 350 Å². The zero-order chi connectivity index (χ0) is 70.7. The fourth-order valence-electron chi connectivity index (χ4n) is 11.8. The molecule has 5 atom stereocenters. The predicted octanol–water partition coefficient (Wildman–Crippen LogP) is 22.7. The highest BCUT2D eigenvalue weighted by Gasteiger charge is 2.30. The van der Waals surface area contributed by atoms with E-state index in [0.717, 1.165) is 95.8 Å². The number of esters is 4. The third kappa shape index (κ3) is 70.5. The minimum atomic E-state index is -4.96. The zero-order valence-corrected chi connectivity index (χ0v) is 64.5. The maximum Gasteiger partial charge on any atom is 0.472 e. The van der Waals surface area contributed by atoms with Crippen molar-refractivity contribution in [3.05, 3.63) is 0 Å². The Labute approximate surface area is 588 Å². The Hall–Kier alpha value is -1.94. The minimum absolute atomic E-state index is 0.104. The van der Waals surface area contributed by atoms with Gasteiger partial charge in [-0.15, -0.1) is 0 Å². The van der Waals surface area contributed by atoms with Crippen LogP contribution in [-0.4, -0.2) is 96.7 Å². The van der Waals surface area contributed by atoms with Crippen LogP contribution in [-0.2, 0) is 65.4 Å². The fraction of sp³-hybridized carbons (Fsp3) is 0.948. The second kappa shape index (κ2) is 68.8. The van der Waals surface area contributed by atoms with E-state index in [9.17, 15) is 43.2 Å². The van der Waals surface area contributed by atoms with E-state index in [4.69, 9.17) is 37.0 Å². The summed E-state index contributed by atoms with van der Waals surface area (Å²) in [5, 5.41) is 10.6. The molecule has 19 heteroatoms. The number of phosphoric acid groups is 2. The number of carbonyl (C=O) groups excluding carboxylic acids is 4. The summed E-state index contributed by atoms with van der Waals surface area (Å²) in [7, 11) is -9.91. The maximum absolute atomic E-state index is 13.1. The lowest BCUT2D eigenvalue weighted by Gasteiger charge is -2.21. The van der Waals surface area contributed by atoms with Crippen LogP contribution < -0.4 is 0 Å². The fourth-order valence-corrected chi connectivity index (χ4v) is 13.4. The van der Waals surface area contributed by atoms with Crippen LogP contribution in [0.3, 0.4) is 0 Å². The highest BCUT2D eigenvalue weighted by atomic mass is 31.2. The van der Waals surface area contributed by atoms with Crippen LogP contribution in [0.15, 0.2) is 0 Å². The van der Waals surface area contributed by atoms with Crippen LogP contribution in [0.5, 0.6) is 0 Å². The summed E-state index contributed by atoms with van der Waals surface area (Å²) in [5.41, 5.74) is 0. The van der Waals surface area contributed by atoms with E-state index < -0.39 is 97.5 Å². The van der Waals surface area contributed by atoms with E-state index in [2.05, 4.69) is 41.5 Å². The van der Waals surface area contributed by atoms with Gasteiger partial charge in [0.15, 0.2) is 12.2 Å². The van der Waals surface area contributed by atoms with E-state index in [1.165, 1.54) is 218 Å². The summed E-state index contributed by atoms with van der Waals surface area (Å²) in [6.07, 6.45) is 57.1. The number of ether oxygens (including phenoxy) is 4. The number of carbonyl (C=O) groups is 4. The molecule has 0 saturated carbocycles. The average Bonchev–Trinajstić information content (AvgIpc) is 1.80. The standard InChI is InChI=1S/C77H150O17P2/c1-7-9-11-13-15-17-19-20-21-22-23-24-25-26-27-28-33-37-43-49-55-61-76(81)93-72(65-88-75(80)60-54-48-42-36-32-30-29-31-34-39-45-51-57-69(3)4)67-91-95(83,84)89-63-71(78)64-90-96(85,86)92-68-73(94-77(82)62-56-50-44-38-40-46-52-58-70(5)6)66-87-74(79)59-53-47-41-35-18-16-14-12-10-8-2/h69-73,78H,7-68H2,1-6H3,(H,83,84)(H,85,86)/t71-,72-,73-/m1/s1. The van der Waals surface area contributed by atoms with Gasteiger partial charge in [0, 0.05) is 25.7 Å². The Balaban J connectivity index is 5.19. The van der Waals surface area contributed by atoms with Crippen LogP contribution in [0.25, 0.3) is 0 Å². The van der Waals surface area contributed by atoms with Gasteiger partial charge in [-0.25, -0.2) is 9.13 Å². The predicted molar refractivity (Wildman–Crippen MR) is 391 cm³/mol. The van der Waals surface area contributed by atoms with Crippen LogP contribution in [0.4, 0.5) is 0 Å². The molecule has 0 aliphatic carbocycles. The summed E-state index contributed by atoms with van der Waals surface area (Å²) < 4.78 is 68.5. The first-order valence-electron chi connectivity index (χ1n) is 40.0. The molecule has 0 saturated heterocycles. The Kier molecular flexibility index (Phi) is 67.4. The first kappa shape index (κ1) is 94.1. The molecule has 3 N–H and O–H groups in total. The van der Waals surface area contributed by atoms with Crippen molar-refractivity contribution in [3.8, 4) is 0 Å². The van der Waals surface area contributed by atoms with E-state index in [0.29, 0.717) is 31.6 Å². The third-order valence-electron chi connectivity index (χ3n) is 18.0. The Morgan fingerprint density at radius 3 is 0.708 bits per heavy atom. The average molecular weight is 1410 g/mol. The molecule has 0 heterocycles. The quantitative estimate of drug-likeness (QED) is 0.0222. The number of rotatable bonds is 76. The molecule has 0 aliphatic heterocycles. The number of aliphatic hydroxyl groups excluding tert-OH is 1. The molecule has 0 aliphatic rings. The minimum Gasteiger partial charge on any atom is -0.462 e. The first-order valence-corrected chi connectivity index (χ1v) is 43.0. The van der Waals surface area contributed by atoms with Crippen molar-refractivity contribution in [3.63, 3.8) is 0 Å². The van der Waals surface area contributed by atoms with Crippen LogP contribution in [0, 0.1) is 11.8 Å². The normalized spacial score (nSPS) is 14.0. The second-order valence-corrected chi connectivity index (χ2v) is 31.6. The lowest BCUT2D eigenvalue weighted by molar-refractivity contribution is -0.161. The van der Waals surface area contributed by atoms with Crippen molar-refractivity contribution in [2.75, 3.05) is 39.6 Å². The molecular weight excluding hydrogens is 1260 g/mol. The SMILES string of the molecule is CCCCCCCCCCCCCCCCCCCCCCCC(=O)O[C@H](COC(=O)CCCCCCCCCCCCCCC(C)C)COP(=O)(O)OC[C@@H](O)COP(=O)(O)OC[C@@H](COC(=O)CCCCCCCCCCCC)OC(=O)CCCCCCCCCC(C)C. The molecule has 2 unspecified atom stereocenters. The van der Waals surface area contributed by atoms with Gasteiger partial charge in [-0.05, 0) is 37.5 Å². The van der Waals surface area contributed by atoms with Crippen molar-refractivity contribution in [1.82, 2.24) is 0 Å². The number of aliphatic hydroxyl groups is 1. The maximum atomic E-state index is 13.1. The van der Waals surface area contributed by atoms with Crippen molar-refractivity contribution < 1.29 is 80.2 Å². The summed E-state index contributed by atoms with van der Waals surface area (Å²) >= 11 is 0. The molecule has 96 heavy (non-hydrogen) atoms. The number of phosphoric ester groups is 2. The Morgan fingerprint density at radius 1 is 0.281 bits per heavy atom. The highest BCUT2D eigenvalue weighted by molar-refractivity contribution is 7.47. The summed E-state index contributed by atoms with van der Waals surface area (Å²) in [5.74, 6) is -0.640. The lowest BCUT2D eigenvalue weighted by Crippen LogP contribution is -2.30. The van der Waals surface area contributed by atoms with E-state index in [1.807, 2.05) is 0 Å². The van der Waals surface area contributed by atoms with Gasteiger partial charge in [-0.2, -0.15) is 0 Å². The van der Waals surface area contributed by atoms with Gasteiger partial charge in [-0.3, -0.25) is 37.3 Å². The topological polar surface area (TPSA) is 237 Å². The van der Waals surface area contributed by atoms with Gasteiger partial charge in [0.1, 0.15) is 19.3 Å². The van der Waals surface area contributed by atoms with E-state index in [-0.39, 0.29) is 25.7 Å². The Morgan fingerprint density at radius 2 is 0.479 bits per heavy atom. The van der Waals surface area contributed by atoms with Gasteiger partial charge < -0.3 is 33.8 Å². The van der Waals surface area contributed by atoms with Gasteiger partial charge in [0.25, 0.3) is 0 Å². The van der Waals surface area contributed by atoms with Crippen molar-refractivity contribution in [2.45, 2.75) is 419 Å². The molecule has 0 aromatic heterocycles. The molecule has 0 fully saturated rings.